The smallest absolute Gasteiger partial charge is 0.294 e. The number of nitrogens with one attached hydrogen (secondary N) is 1. The van der Waals surface area contributed by atoms with Crippen molar-refractivity contribution >= 4 is 23.0 Å². The maximum atomic E-state index is 12.1. The molecular formula is C20H22N4O5. The average molecular weight is 398 g/mol. The molecule has 0 saturated carbocycles. The molecule has 1 heterocycles. The largest absolute Gasteiger partial charge is 0.484 e. The molecule has 1 N–H and O–H groups in total. The van der Waals surface area contributed by atoms with Crippen molar-refractivity contribution in [3.05, 3.63) is 64.2 Å². The van der Waals surface area contributed by atoms with E-state index in [1.807, 2.05) is 12.1 Å². The van der Waals surface area contributed by atoms with Crippen LogP contribution in [0.3, 0.4) is 0 Å². The monoisotopic (exact) mass is 398 g/mol. The predicted octanol–water partition coefficient (Wildman–Crippen LogP) is 2.67. The van der Waals surface area contributed by atoms with Crippen molar-refractivity contribution in [1.82, 2.24) is 4.90 Å². The second-order valence-corrected chi connectivity index (χ2v) is 6.39. The highest BCUT2D eigenvalue weighted by molar-refractivity contribution is 5.99. The lowest BCUT2D eigenvalue weighted by molar-refractivity contribution is -0.384. The molecule has 3 rings (SSSR count). The Morgan fingerprint density at radius 3 is 2.59 bits per heavy atom. The van der Waals surface area contributed by atoms with Crippen molar-refractivity contribution in [2.24, 2.45) is 5.10 Å². The number of ether oxygens (including phenoxy) is 2. The van der Waals surface area contributed by atoms with Crippen molar-refractivity contribution in [2.75, 3.05) is 38.3 Å². The Kier molecular flexibility index (Phi) is 6.75. The Labute approximate surface area is 168 Å². The van der Waals surface area contributed by atoms with Crippen molar-refractivity contribution in [3.63, 3.8) is 0 Å². The normalized spacial score (nSPS) is 14.4. The molecule has 9 nitrogen and oxygen atoms in total. The lowest BCUT2D eigenvalue weighted by Crippen LogP contribution is -2.42. The molecule has 0 atom stereocenters. The van der Waals surface area contributed by atoms with Crippen LogP contribution in [0, 0.1) is 10.1 Å². The van der Waals surface area contributed by atoms with Crippen LogP contribution in [0.4, 0.5) is 11.4 Å². The van der Waals surface area contributed by atoms with Gasteiger partial charge in [-0.1, -0.05) is 12.1 Å². The van der Waals surface area contributed by atoms with Gasteiger partial charge in [0.1, 0.15) is 11.4 Å². The number of carbonyl (C=O) groups excluding carboxylic acids is 1. The summed E-state index contributed by atoms with van der Waals surface area (Å²) in [4.78, 5) is 24.4. The number of benzene rings is 2. The van der Waals surface area contributed by atoms with E-state index in [1.165, 1.54) is 6.07 Å². The minimum atomic E-state index is -0.461. The number of hydrazone groups is 1. The average Bonchev–Trinajstić information content (AvgIpc) is 2.77. The SMILES string of the molecule is C/C(=N/Nc1ccccc1[N+](=O)[O-])c1ccc(OCC(=O)N2CCOCC2)cc1. The van der Waals surface area contributed by atoms with E-state index in [1.54, 1.807) is 42.2 Å². The summed E-state index contributed by atoms with van der Waals surface area (Å²) in [6, 6.07) is 13.4. The van der Waals surface area contributed by atoms with Gasteiger partial charge in [-0.15, -0.1) is 0 Å². The van der Waals surface area contributed by atoms with E-state index in [9.17, 15) is 14.9 Å². The van der Waals surface area contributed by atoms with Crippen molar-refractivity contribution in [2.45, 2.75) is 6.92 Å². The van der Waals surface area contributed by atoms with Gasteiger partial charge >= 0.3 is 0 Å². The molecule has 1 amide bonds. The molecule has 9 heteroatoms. The first-order chi connectivity index (χ1) is 14.0. The zero-order valence-corrected chi connectivity index (χ0v) is 16.0. The Balaban J connectivity index is 1.57. The number of para-hydroxylation sites is 2. The first kappa shape index (κ1) is 20.3. The van der Waals surface area contributed by atoms with Gasteiger partial charge in [0.05, 0.1) is 23.8 Å². The number of morpholine rings is 1. The van der Waals surface area contributed by atoms with Crippen LogP contribution >= 0.6 is 0 Å². The van der Waals surface area contributed by atoms with Gasteiger partial charge in [0.15, 0.2) is 6.61 Å². The van der Waals surface area contributed by atoms with Gasteiger partial charge in [0, 0.05) is 19.2 Å². The molecule has 152 valence electrons. The van der Waals surface area contributed by atoms with E-state index in [4.69, 9.17) is 9.47 Å². The second-order valence-electron chi connectivity index (χ2n) is 6.39. The van der Waals surface area contributed by atoms with Crippen LogP contribution in [0.15, 0.2) is 53.6 Å². The van der Waals surface area contributed by atoms with Crippen LogP contribution in [-0.2, 0) is 9.53 Å². The van der Waals surface area contributed by atoms with Gasteiger partial charge in [0.25, 0.3) is 11.6 Å². The van der Waals surface area contributed by atoms with E-state index < -0.39 is 4.92 Å². The van der Waals surface area contributed by atoms with E-state index in [-0.39, 0.29) is 18.2 Å². The van der Waals surface area contributed by atoms with Gasteiger partial charge in [-0.05, 0) is 42.8 Å². The van der Waals surface area contributed by atoms with Crippen LogP contribution < -0.4 is 10.2 Å². The molecular weight excluding hydrogens is 376 g/mol. The highest BCUT2D eigenvalue weighted by Crippen LogP contribution is 2.23. The number of nitrogens with zero attached hydrogens (tertiary/aromatic N) is 3. The van der Waals surface area contributed by atoms with Crippen molar-refractivity contribution < 1.29 is 19.2 Å². The zero-order chi connectivity index (χ0) is 20.6. The molecule has 0 unspecified atom stereocenters. The standard InChI is InChI=1S/C20H22N4O5/c1-15(21-22-18-4-2-3-5-19(18)24(26)27)16-6-8-17(9-7-16)29-14-20(25)23-10-12-28-13-11-23/h2-9,22H,10-14H2,1H3/b21-15-. The summed E-state index contributed by atoms with van der Waals surface area (Å²) in [7, 11) is 0. The second kappa shape index (κ2) is 9.65. The van der Waals surface area contributed by atoms with Gasteiger partial charge in [-0.25, -0.2) is 0 Å². The summed E-state index contributed by atoms with van der Waals surface area (Å²) in [5.41, 5.74) is 4.49. The van der Waals surface area contributed by atoms with E-state index in [0.717, 1.165) is 5.56 Å². The van der Waals surface area contributed by atoms with E-state index in [0.29, 0.717) is 43.5 Å². The summed E-state index contributed by atoms with van der Waals surface area (Å²) in [5, 5.41) is 15.3. The summed E-state index contributed by atoms with van der Waals surface area (Å²) in [6.07, 6.45) is 0. The topological polar surface area (TPSA) is 106 Å². The quantitative estimate of drug-likeness (QED) is 0.437. The zero-order valence-electron chi connectivity index (χ0n) is 16.0. The van der Waals surface area contributed by atoms with Crippen molar-refractivity contribution in [3.8, 4) is 5.75 Å². The number of amides is 1. The van der Waals surface area contributed by atoms with Crippen molar-refractivity contribution in [1.29, 1.82) is 0 Å². The Hall–Kier alpha value is -3.46. The number of nitro groups is 1. The minimum absolute atomic E-state index is 0.0222. The molecule has 0 bridgehead atoms. The molecule has 2 aromatic carbocycles. The molecule has 1 aliphatic heterocycles. The number of rotatable bonds is 7. The fourth-order valence-electron chi connectivity index (χ4n) is 2.78. The van der Waals surface area contributed by atoms with Crippen LogP contribution in [-0.4, -0.2) is 54.4 Å². The number of anilines is 1. The number of carbonyl (C=O) groups is 1. The highest BCUT2D eigenvalue weighted by Gasteiger charge is 2.17. The first-order valence-electron chi connectivity index (χ1n) is 9.17. The Bertz CT molecular complexity index is 892. The fraction of sp³-hybridized carbons (Fsp3) is 0.300. The third kappa shape index (κ3) is 5.52. The highest BCUT2D eigenvalue weighted by atomic mass is 16.6. The lowest BCUT2D eigenvalue weighted by atomic mass is 10.1. The van der Waals surface area contributed by atoms with E-state index >= 15 is 0 Å². The van der Waals surface area contributed by atoms with Gasteiger partial charge in [0.2, 0.25) is 0 Å². The maximum absolute atomic E-state index is 12.1. The summed E-state index contributed by atoms with van der Waals surface area (Å²) < 4.78 is 10.8. The lowest BCUT2D eigenvalue weighted by Gasteiger charge is -2.26. The van der Waals surface area contributed by atoms with Crippen LogP contribution in [0.25, 0.3) is 0 Å². The molecule has 1 fully saturated rings. The van der Waals surface area contributed by atoms with Crippen LogP contribution in [0.2, 0.25) is 0 Å². The molecule has 0 aromatic heterocycles. The van der Waals surface area contributed by atoms with Gasteiger partial charge in [-0.2, -0.15) is 5.10 Å². The number of hydrogen-bond acceptors (Lipinski definition) is 7. The molecule has 0 spiro atoms. The molecule has 1 saturated heterocycles. The van der Waals surface area contributed by atoms with Gasteiger partial charge < -0.3 is 14.4 Å². The summed E-state index contributed by atoms with van der Waals surface area (Å²) >= 11 is 0. The molecule has 2 aromatic rings. The predicted molar refractivity (Wildman–Crippen MR) is 108 cm³/mol. The van der Waals surface area contributed by atoms with Crippen LogP contribution in [0.1, 0.15) is 12.5 Å². The van der Waals surface area contributed by atoms with E-state index in [2.05, 4.69) is 10.5 Å². The molecule has 0 aliphatic carbocycles. The number of hydrogen-bond donors (Lipinski definition) is 1. The Morgan fingerprint density at radius 2 is 1.90 bits per heavy atom. The molecule has 1 aliphatic rings. The van der Waals surface area contributed by atoms with Crippen LogP contribution in [0.5, 0.6) is 5.75 Å². The molecule has 0 radical (unpaired) electrons. The third-order valence-electron chi connectivity index (χ3n) is 4.44. The third-order valence-corrected chi connectivity index (χ3v) is 4.44. The minimum Gasteiger partial charge on any atom is -0.484 e. The molecule has 29 heavy (non-hydrogen) atoms. The summed E-state index contributed by atoms with van der Waals surface area (Å²) in [6.45, 7) is 4.05. The van der Waals surface area contributed by atoms with Gasteiger partial charge in [-0.3, -0.25) is 20.3 Å². The Morgan fingerprint density at radius 1 is 1.21 bits per heavy atom. The summed E-state index contributed by atoms with van der Waals surface area (Å²) in [5.74, 6) is 0.513. The number of nitro benzene ring substituents is 1. The maximum Gasteiger partial charge on any atom is 0.294 e. The fourth-order valence-corrected chi connectivity index (χ4v) is 2.78. The first-order valence-corrected chi connectivity index (χ1v) is 9.17.